The van der Waals surface area contributed by atoms with E-state index in [1.165, 1.54) is 118 Å². The van der Waals surface area contributed by atoms with E-state index in [0.29, 0.717) is 0 Å². The molecule has 686 valence electrons. The number of aromatic nitrogens is 14. The van der Waals surface area contributed by atoms with Crippen LogP contribution in [0.5, 0.6) is 0 Å². The van der Waals surface area contributed by atoms with Gasteiger partial charge in [0, 0.05) is 80.4 Å². The van der Waals surface area contributed by atoms with Crippen molar-refractivity contribution in [2.75, 3.05) is 0 Å². The fourth-order valence-electron chi connectivity index (χ4n) is 28.3. The van der Waals surface area contributed by atoms with E-state index in [4.69, 9.17) is 0 Å². The second kappa shape index (κ2) is 31.7. The Labute approximate surface area is 779 Å². The molecule has 7 saturated carbocycles. The largest absolute Gasteiger partial charge is 0.393 e. The molecular weight excluding hydrogens is 1650 g/mol. The SMILES string of the molecule is CC1(C)C[C@@H](O)[C@@H]1[C@@H]1c2ccccc2-c2cncn21.CC1(C)C[C@@H](O)[C@@H]1[C@H]1c2ccccc2-c2cncn21.CC1(C)C[C@@H](O)[C@H]1[C@@H]1c2ccccc2-c2cncn21.CC1(C)C[C@@H](O)[C@H]1[C@H]1c2ccccc2-c2cncn21.CC1(C)C[C@H](O)[C@@H]1[C@@H]1c2ccccc2-c2cncn21.CC1(C)C[C@H](O)[C@@H]1[C@H]1c2ccccc2-c2cncn21.CC1(C)C[C@H](O)[C@H]1[C@@H]1c2ccccc2-c2cncn21. The van der Waals surface area contributed by atoms with Crippen molar-refractivity contribution < 1.29 is 35.7 Å². The standard InChI is InChI=1S/7C16H18N2O/c7*1-16(2)7-13(19)14(16)15-11-6-4-3-5-10(11)12-8-17-9-18(12)15/h7*3-6,8-9,13-15,19H,7H2,1-2H3/t2*13-,14+,15+;2*13-,14+,15-;13-,14-,15+;2*13-,14-,15-/m1010110/s1. The summed E-state index contributed by atoms with van der Waals surface area (Å²) in [5.74, 6) is 1.87. The van der Waals surface area contributed by atoms with E-state index in [2.05, 4.69) is 334 Å². The smallest absolute Gasteiger partial charge is 0.0956 e. The molecular formula is C112H126N14O7. The van der Waals surface area contributed by atoms with Crippen LogP contribution in [0.1, 0.15) is 223 Å². The molecule has 14 aliphatic rings. The van der Waals surface area contributed by atoms with Crippen LogP contribution in [0, 0.1) is 79.3 Å². The van der Waals surface area contributed by atoms with Gasteiger partial charge in [-0.05, 0) is 122 Å². The van der Waals surface area contributed by atoms with E-state index >= 15 is 0 Å². The van der Waals surface area contributed by atoms with Crippen molar-refractivity contribution in [2.45, 2.75) is 227 Å². The molecule has 133 heavy (non-hydrogen) atoms. The van der Waals surface area contributed by atoms with Crippen LogP contribution >= 0.6 is 0 Å². The number of benzene rings is 7. The summed E-state index contributed by atoms with van der Waals surface area (Å²) in [7, 11) is 0. The van der Waals surface area contributed by atoms with E-state index in [1.54, 1.807) is 0 Å². The summed E-state index contributed by atoms with van der Waals surface area (Å²) in [6, 6.07) is 61.1. The summed E-state index contributed by atoms with van der Waals surface area (Å²) in [6.45, 7) is 31.5. The number of hydrogen-bond donors (Lipinski definition) is 7. The van der Waals surface area contributed by atoms with Crippen molar-refractivity contribution in [2.24, 2.45) is 79.3 Å². The minimum absolute atomic E-state index is 0.184. The van der Waals surface area contributed by atoms with Gasteiger partial charge in [0.15, 0.2) is 0 Å². The summed E-state index contributed by atoms with van der Waals surface area (Å²) in [5.41, 5.74) is 27.7. The molecule has 7 aliphatic carbocycles. The minimum Gasteiger partial charge on any atom is -0.393 e. The molecule has 7 N–H and O–H groups in total. The first-order valence-electron chi connectivity index (χ1n) is 48.2. The van der Waals surface area contributed by atoms with Gasteiger partial charge in [-0.15, -0.1) is 0 Å². The lowest BCUT2D eigenvalue weighted by atomic mass is 9.57. The van der Waals surface area contributed by atoms with Crippen molar-refractivity contribution in [3.05, 3.63) is 296 Å². The van der Waals surface area contributed by atoms with Gasteiger partial charge in [-0.3, -0.25) is 0 Å². The van der Waals surface area contributed by atoms with Crippen LogP contribution in [-0.4, -0.2) is 145 Å². The lowest BCUT2D eigenvalue weighted by Crippen LogP contribution is -2.51. The summed E-state index contributed by atoms with van der Waals surface area (Å²) < 4.78 is 15.6. The Morgan fingerprint density at radius 3 is 0.406 bits per heavy atom. The maximum absolute atomic E-state index is 10.3. The van der Waals surface area contributed by atoms with E-state index in [9.17, 15) is 35.7 Å². The van der Waals surface area contributed by atoms with Crippen LogP contribution in [-0.2, 0) is 0 Å². The quantitative estimate of drug-likeness (QED) is 0.0783. The zero-order valence-corrected chi connectivity index (χ0v) is 78.7. The Morgan fingerprint density at radius 2 is 0.301 bits per heavy atom. The first-order valence-corrected chi connectivity index (χ1v) is 48.2. The molecule has 0 radical (unpaired) electrons. The van der Waals surface area contributed by atoms with Gasteiger partial charge in [0.25, 0.3) is 0 Å². The lowest BCUT2D eigenvalue weighted by molar-refractivity contribution is -0.104. The van der Waals surface area contributed by atoms with Gasteiger partial charge in [-0.1, -0.05) is 267 Å². The molecule has 21 heteroatoms. The van der Waals surface area contributed by atoms with Crippen molar-refractivity contribution in [3.63, 3.8) is 0 Å². The van der Waals surface area contributed by atoms with Crippen LogP contribution in [0.4, 0.5) is 0 Å². The van der Waals surface area contributed by atoms with Crippen molar-refractivity contribution in [3.8, 4) is 78.8 Å². The van der Waals surface area contributed by atoms with Gasteiger partial charge in [0.1, 0.15) is 0 Å². The zero-order chi connectivity index (χ0) is 92.4. The van der Waals surface area contributed by atoms with Gasteiger partial charge in [0.2, 0.25) is 0 Å². The van der Waals surface area contributed by atoms with E-state index in [0.717, 1.165) is 44.9 Å². The van der Waals surface area contributed by atoms with Crippen LogP contribution in [0.25, 0.3) is 78.8 Å². The number of hydrogen-bond acceptors (Lipinski definition) is 14. The number of aliphatic hydroxyl groups excluding tert-OH is 7. The minimum atomic E-state index is -0.207. The summed E-state index contributed by atoms with van der Waals surface area (Å²) in [6.07, 6.45) is 31.6. The highest BCUT2D eigenvalue weighted by Gasteiger charge is 2.61. The monoisotopic (exact) mass is 1780 g/mol. The third-order valence-electron chi connectivity index (χ3n) is 34.4. The van der Waals surface area contributed by atoms with Gasteiger partial charge in [-0.25, -0.2) is 34.9 Å². The Bertz CT molecular complexity index is 5620. The van der Waals surface area contributed by atoms with Gasteiger partial charge < -0.3 is 67.7 Å². The molecule has 28 rings (SSSR count). The molecule has 0 amide bonds. The molecule has 0 unspecified atom stereocenters. The maximum atomic E-state index is 10.3. The first-order chi connectivity index (χ1) is 63.7. The first kappa shape index (κ1) is 87.1. The second-order valence-corrected chi connectivity index (χ2v) is 45.5. The highest BCUT2D eigenvalue weighted by molar-refractivity contribution is 5.75. The predicted octanol–water partition coefficient (Wildman–Crippen LogP) is 20.0. The molecule has 7 aromatic heterocycles. The summed E-state index contributed by atoms with van der Waals surface area (Å²) >= 11 is 0. The highest BCUT2D eigenvalue weighted by Crippen LogP contribution is 2.65. The molecule has 7 aromatic carbocycles. The van der Waals surface area contributed by atoms with E-state index in [-0.39, 0.29) is 164 Å². The molecule has 7 aliphatic heterocycles. The van der Waals surface area contributed by atoms with Crippen LogP contribution < -0.4 is 0 Å². The average molecular weight is 1780 g/mol. The highest BCUT2D eigenvalue weighted by atomic mass is 16.3. The van der Waals surface area contributed by atoms with Crippen molar-refractivity contribution in [1.82, 2.24) is 66.9 Å². The second-order valence-electron chi connectivity index (χ2n) is 45.5. The topological polar surface area (TPSA) is 266 Å². The normalized spacial score (nSPS) is 30.6. The van der Waals surface area contributed by atoms with E-state index < -0.39 is 0 Å². The molecule has 0 saturated heterocycles. The third kappa shape index (κ3) is 13.7. The van der Waals surface area contributed by atoms with Crippen molar-refractivity contribution in [1.29, 1.82) is 0 Å². The number of rotatable bonds is 7. The van der Waals surface area contributed by atoms with Gasteiger partial charge >= 0.3 is 0 Å². The molecule has 0 spiro atoms. The third-order valence-corrected chi connectivity index (χ3v) is 34.4. The van der Waals surface area contributed by atoms with Crippen LogP contribution in [0.2, 0.25) is 0 Å². The van der Waals surface area contributed by atoms with Crippen LogP contribution in [0.15, 0.2) is 258 Å². The fourth-order valence-corrected chi connectivity index (χ4v) is 28.3. The van der Waals surface area contributed by atoms with Crippen molar-refractivity contribution >= 4 is 0 Å². The van der Waals surface area contributed by atoms with Gasteiger partial charge in [0.05, 0.1) is 213 Å². The Kier molecular flexibility index (Phi) is 20.7. The number of aliphatic hydroxyl groups is 7. The Hall–Kier alpha value is -11.3. The predicted molar refractivity (Wildman–Crippen MR) is 516 cm³/mol. The number of imidazole rings is 7. The number of fused-ring (bicyclic) bond motifs is 21. The molecule has 7 fully saturated rings. The lowest BCUT2D eigenvalue weighted by Gasteiger charge is -2.52. The molecule has 0 bridgehead atoms. The molecule has 21 nitrogen and oxygen atoms in total. The van der Waals surface area contributed by atoms with E-state index in [1.807, 2.05) is 87.7 Å². The number of nitrogens with zero attached hydrogens (tertiary/aromatic N) is 14. The summed E-state index contributed by atoms with van der Waals surface area (Å²) in [5, 5.41) is 71.8. The summed E-state index contributed by atoms with van der Waals surface area (Å²) in [4.78, 5) is 30.0. The molecule has 14 heterocycles. The Balaban J connectivity index is 0.0000000905. The maximum Gasteiger partial charge on any atom is 0.0956 e. The average Bonchev–Trinajstić information content (AvgIpc) is 1.60. The molecule has 14 aromatic rings. The Morgan fingerprint density at radius 1 is 0.188 bits per heavy atom. The fraction of sp³-hybridized carbons (Fsp3) is 0.438. The zero-order valence-electron chi connectivity index (χ0n) is 78.7. The van der Waals surface area contributed by atoms with Crippen LogP contribution in [0.3, 0.4) is 0 Å². The van der Waals surface area contributed by atoms with Gasteiger partial charge in [-0.2, -0.15) is 0 Å². The molecule has 21 atom stereocenters.